The highest BCUT2D eigenvalue weighted by Gasteiger charge is 2.54. The number of rotatable bonds is 5. The number of nitrogens with zero attached hydrogens (tertiary/aromatic N) is 3. The summed E-state index contributed by atoms with van der Waals surface area (Å²) in [6.45, 7) is 11.9. The van der Waals surface area contributed by atoms with Crippen LogP contribution >= 0.6 is 0 Å². The number of alkyl halides is 2. The summed E-state index contributed by atoms with van der Waals surface area (Å²) in [4.78, 5) is 20.1. The van der Waals surface area contributed by atoms with Gasteiger partial charge in [0.05, 0.1) is 0 Å². The molecule has 2 unspecified atom stereocenters. The van der Waals surface area contributed by atoms with Gasteiger partial charge in [0.25, 0.3) is 5.92 Å². The van der Waals surface area contributed by atoms with Crippen LogP contribution < -0.4 is 0 Å². The standard InChI is InChI=1S/C29H43F2N3O/c1-20(2)34-23-16-24(34)19-33(18-23)26-6-5-11-29(30,31)25(26)17-27(35)32-14-12-28(4,13-15-32)22-9-7-21(3)8-10-22/h7-10,20,23-26H,5-6,11-19H2,1-4H3/t23?,24?,25-,26+/m1/s1. The van der Waals surface area contributed by atoms with Crippen LogP contribution in [0.5, 0.6) is 0 Å². The quantitative estimate of drug-likeness (QED) is 0.569. The van der Waals surface area contributed by atoms with E-state index in [1.807, 2.05) is 4.90 Å². The number of aryl methyl sites for hydroxylation is 1. The third-order valence-electron chi connectivity index (χ3n) is 9.72. The minimum Gasteiger partial charge on any atom is -0.343 e. The van der Waals surface area contributed by atoms with E-state index in [2.05, 4.69) is 61.8 Å². The summed E-state index contributed by atoms with van der Waals surface area (Å²) in [6, 6.07) is 10.0. The second-order valence-corrected chi connectivity index (χ2v) is 12.4. The summed E-state index contributed by atoms with van der Waals surface area (Å²) < 4.78 is 30.6. The zero-order chi connectivity index (χ0) is 25.0. The molecule has 35 heavy (non-hydrogen) atoms. The molecular formula is C29H43F2N3O. The number of likely N-dealkylation sites (tertiary alicyclic amines) is 1. The normalized spacial score (nSPS) is 32.9. The molecule has 6 heteroatoms. The minimum atomic E-state index is -2.76. The predicted octanol–water partition coefficient (Wildman–Crippen LogP) is 5.24. The Morgan fingerprint density at radius 2 is 1.69 bits per heavy atom. The largest absolute Gasteiger partial charge is 0.343 e. The number of hydrogen-bond donors (Lipinski definition) is 0. The number of fused-ring (bicyclic) bond motifs is 2. The van der Waals surface area contributed by atoms with Crippen LogP contribution in [-0.4, -0.2) is 76.9 Å². The molecule has 4 saturated heterocycles. The average molecular weight is 488 g/mol. The minimum absolute atomic E-state index is 0.0152. The van der Waals surface area contributed by atoms with Crippen molar-refractivity contribution in [3.63, 3.8) is 0 Å². The Morgan fingerprint density at radius 1 is 1.06 bits per heavy atom. The van der Waals surface area contributed by atoms with E-state index in [0.717, 1.165) is 32.4 Å². The van der Waals surface area contributed by atoms with Crippen molar-refractivity contribution in [2.75, 3.05) is 26.2 Å². The molecule has 1 aromatic carbocycles. The summed E-state index contributed by atoms with van der Waals surface area (Å²) >= 11 is 0. The summed E-state index contributed by atoms with van der Waals surface area (Å²) in [7, 11) is 0. The number of carbonyl (C=O) groups excluding carboxylic acids is 1. The Morgan fingerprint density at radius 3 is 2.29 bits per heavy atom. The number of piperidine rings is 2. The molecule has 0 radical (unpaired) electrons. The first-order valence-corrected chi connectivity index (χ1v) is 13.8. The second kappa shape index (κ2) is 9.41. The fraction of sp³-hybridized carbons (Fsp3) is 0.759. The molecular weight excluding hydrogens is 444 g/mol. The van der Waals surface area contributed by atoms with Crippen molar-refractivity contribution in [2.45, 2.75) is 108 Å². The Kier molecular flexibility index (Phi) is 6.75. The van der Waals surface area contributed by atoms with Crippen LogP contribution in [0.4, 0.5) is 8.78 Å². The van der Waals surface area contributed by atoms with E-state index in [1.165, 1.54) is 17.5 Å². The smallest absolute Gasteiger partial charge is 0.252 e. The van der Waals surface area contributed by atoms with Crippen molar-refractivity contribution < 1.29 is 13.6 Å². The van der Waals surface area contributed by atoms with Crippen LogP contribution in [0.1, 0.15) is 76.8 Å². The van der Waals surface area contributed by atoms with Gasteiger partial charge >= 0.3 is 0 Å². The summed E-state index contributed by atoms with van der Waals surface area (Å²) in [5.41, 5.74) is 2.60. The van der Waals surface area contributed by atoms with Gasteiger partial charge in [-0.25, -0.2) is 8.78 Å². The molecule has 4 atom stereocenters. The monoisotopic (exact) mass is 487 g/mol. The van der Waals surface area contributed by atoms with Crippen LogP contribution in [0.3, 0.4) is 0 Å². The summed E-state index contributed by atoms with van der Waals surface area (Å²) in [6.07, 6.45) is 4.21. The first-order chi connectivity index (χ1) is 16.6. The molecule has 194 valence electrons. The van der Waals surface area contributed by atoms with Crippen molar-refractivity contribution in [2.24, 2.45) is 5.92 Å². The lowest BCUT2D eigenvalue weighted by Gasteiger charge is -2.60. The molecule has 4 nitrogen and oxygen atoms in total. The van der Waals surface area contributed by atoms with Crippen LogP contribution in [0.25, 0.3) is 0 Å². The van der Waals surface area contributed by atoms with Crippen molar-refractivity contribution in [1.82, 2.24) is 14.7 Å². The van der Waals surface area contributed by atoms with Crippen LogP contribution in [-0.2, 0) is 10.2 Å². The Balaban J connectivity index is 1.23. The molecule has 0 spiro atoms. The van der Waals surface area contributed by atoms with E-state index in [1.54, 1.807) is 0 Å². The van der Waals surface area contributed by atoms with Gasteiger partial charge in [0.15, 0.2) is 0 Å². The number of amides is 1. The van der Waals surface area contributed by atoms with Gasteiger partial charge in [-0.3, -0.25) is 14.6 Å². The van der Waals surface area contributed by atoms with Crippen molar-refractivity contribution >= 4 is 5.91 Å². The molecule has 0 N–H and O–H groups in total. The SMILES string of the molecule is Cc1ccc(C2(C)CCN(C(=O)C[C@@H]3[C@@H](N4CC5CC(C4)N5C(C)C)CCCC3(F)F)CC2)cc1. The van der Waals surface area contributed by atoms with Gasteiger partial charge in [-0.05, 0) is 63.9 Å². The molecule has 6 rings (SSSR count). The lowest BCUT2D eigenvalue weighted by atomic mass is 9.73. The molecule has 2 bridgehead atoms. The summed E-state index contributed by atoms with van der Waals surface area (Å²) in [5, 5.41) is 0. The van der Waals surface area contributed by atoms with Crippen molar-refractivity contribution in [1.29, 1.82) is 0 Å². The molecule has 0 aromatic heterocycles. The second-order valence-electron chi connectivity index (χ2n) is 12.4. The van der Waals surface area contributed by atoms with Gasteiger partial charge in [0.2, 0.25) is 5.91 Å². The number of benzene rings is 1. The molecule has 1 saturated carbocycles. The van der Waals surface area contributed by atoms with E-state index >= 15 is 8.78 Å². The van der Waals surface area contributed by atoms with Crippen LogP contribution in [0.15, 0.2) is 24.3 Å². The van der Waals surface area contributed by atoms with E-state index in [-0.39, 0.29) is 30.2 Å². The molecule has 5 aliphatic rings. The number of carbonyl (C=O) groups is 1. The zero-order valence-corrected chi connectivity index (χ0v) is 22.0. The predicted molar refractivity (Wildman–Crippen MR) is 136 cm³/mol. The van der Waals surface area contributed by atoms with Crippen molar-refractivity contribution in [3.05, 3.63) is 35.4 Å². The first-order valence-electron chi connectivity index (χ1n) is 13.8. The molecule has 4 aliphatic heterocycles. The Hall–Kier alpha value is -1.53. The fourth-order valence-electron chi connectivity index (χ4n) is 7.53. The highest BCUT2D eigenvalue weighted by molar-refractivity contribution is 5.77. The maximum atomic E-state index is 15.3. The third-order valence-corrected chi connectivity index (χ3v) is 9.72. The number of piperazine rings is 1. The van der Waals surface area contributed by atoms with E-state index in [0.29, 0.717) is 37.6 Å². The first kappa shape index (κ1) is 25.1. The maximum absolute atomic E-state index is 15.3. The molecule has 1 aromatic rings. The summed E-state index contributed by atoms with van der Waals surface area (Å²) in [5.74, 6) is -3.69. The molecule has 1 amide bonds. The van der Waals surface area contributed by atoms with Gasteiger partial charge in [-0.1, -0.05) is 36.8 Å². The van der Waals surface area contributed by atoms with E-state index in [4.69, 9.17) is 0 Å². The molecule has 4 heterocycles. The fourth-order valence-corrected chi connectivity index (χ4v) is 7.53. The molecule has 1 aliphatic carbocycles. The van der Waals surface area contributed by atoms with Crippen molar-refractivity contribution in [3.8, 4) is 0 Å². The zero-order valence-electron chi connectivity index (χ0n) is 22.0. The lowest BCUT2D eigenvalue weighted by molar-refractivity contribution is -0.164. The third kappa shape index (κ3) is 4.77. The number of hydrogen-bond acceptors (Lipinski definition) is 3. The van der Waals surface area contributed by atoms with Gasteiger partial charge in [0.1, 0.15) is 0 Å². The topological polar surface area (TPSA) is 26.8 Å². The van der Waals surface area contributed by atoms with Gasteiger partial charge in [-0.2, -0.15) is 0 Å². The van der Waals surface area contributed by atoms with Crippen LogP contribution in [0, 0.1) is 12.8 Å². The van der Waals surface area contributed by atoms with Gasteiger partial charge in [-0.15, -0.1) is 0 Å². The van der Waals surface area contributed by atoms with E-state index < -0.39 is 11.8 Å². The number of halogens is 2. The Labute approximate surface area is 210 Å². The molecule has 5 fully saturated rings. The average Bonchev–Trinajstić information content (AvgIpc) is 2.80. The Bertz CT molecular complexity index is 897. The highest BCUT2D eigenvalue weighted by atomic mass is 19.3. The van der Waals surface area contributed by atoms with E-state index in [9.17, 15) is 4.79 Å². The highest BCUT2D eigenvalue weighted by Crippen LogP contribution is 2.46. The van der Waals surface area contributed by atoms with Crippen LogP contribution in [0.2, 0.25) is 0 Å². The lowest BCUT2D eigenvalue weighted by Crippen LogP contribution is -2.72. The maximum Gasteiger partial charge on any atom is 0.252 e. The van der Waals surface area contributed by atoms with Gasteiger partial charge < -0.3 is 4.90 Å². The van der Waals surface area contributed by atoms with Gasteiger partial charge in [0, 0.05) is 69.1 Å².